The maximum Gasteiger partial charge on any atom is 0.257 e. The minimum absolute atomic E-state index is 0.0313. The molecule has 0 aliphatic heterocycles. The van der Waals surface area contributed by atoms with Gasteiger partial charge in [0.05, 0.1) is 11.3 Å². The van der Waals surface area contributed by atoms with Gasteiger partial charge in [0.2, 0.25) is 0 Å². The molecule has 0 spiro atoms. The SMILES string of the molecule is CCNc1cc(C)ncc1C(=O)N(C)CC(C)CC. The van der Waals surface area contributed by atoms with Crippen molar-refractivity contribution in [1.82, 2.24) is 9.88 Å². The number of aromatic nitrogens is 1. The molecule has 0 aliphatic carbocycles. The average molecular weight is 263 g/mol. The molecule has 1 unspecified atom stereocenters. The van der Waals surface area contributed by atoms with E-state index in [0.717, 1.165) is 30.9 Å². The third-order valence-corrected chi connectivity index (χ3v) is 3.27. The van der Waals surface area contributed by atoms with E-state index >= 15 is 0 Å². The van der Waals surface area contributed by atoms with Crippen LogP contribution in [0.15, 0.2) is 12.3 Å². The van der Waals surface area contributed by atoms with E-state index in [9.17, 15) is 4.79 Å². The number of nitrogens with zero attached hydrogens (tertiary/aromatic N) is 2. The van der Waals surface area contributed by atoms with Crippen LogP contribution in [0.3, 0.4) is 0 Å². The smallest absolute Gasteiger partial charge is 0.257 e. The van der Waals surface area contributed by atoms with Crippen LogP contribution in [0.25, 0.3) is 0 Å². The molecule has 1 amide bonds. The molecule has 0 bridgehead atoms. The predicted octanol–water partition coefficient (Wildman–Crippen LogP) is 2.94. The lowest BCUT2D eigenvalue weighted by atomic mass is 10.1. The summed E-state index contributed by atoms with van der Waals surface area (Å²) in [6.07, 6.45) is 2.74. The molecule has 1 aromatic rings. The summed E-state index contributed by atoms with van der Waals surface area (Å²) in [7, 11) is 1.85. The molecule has 0 saturated heterocycles. The normalized spacial score (nSPS) is 12.1. The Balaban J connectivity index is 2.92. The molecule has 1 aromatic heterocycles. The van der Waals surface area contributed by atoms with Gasteiger partial charge in [-0.3, -0.25) is 9.78 Å². The van der Waals surface area contributed by atoms with Gasteiger partial charge in [-0.05, 0) is 25.8 Å². The Labute approximate surface area is 116 Å². The molecular formula is C15H25N3O. The number of carbonyl (C=O) groups excluding carboxylic acids is 1. The second-order valence-electron chi connectivity index (χ2n) is 5.10. The fraction of sp³-hybridized carbons (Fsp3) is 0.600. The van der Waals surface area contributed by atoms with E-state index in [1.807, 2.05) is 27.0 Å². The van der Waals surface area contributed by atoms with E-state index in [1.54, 1.807) is 11.1 Å². The van der Waals surface area contributed by atoms with E-state index in [0.29, 0.717) is 11.5 Å². The molecule has 0 radical (unpaired) electrons. The molecule has 1 N–H and O–H groups in total. The Bertz CT molecular complexity index is 431. The lowest BCUT2D eigenvalue weighted by Crippen LogP contribution is -2.31. The number of rotatable bonds is 6. The molecule has 1 heterocycles. The van der Waals surface area contributed by atoms with Crippen molar-refractivity contribution in [3.63, 3.8) is 0 Å². The highest BCUT2D eigenvalue weighted by Crippen LogP contribution is 2.18. The van der Waals surface area contributed by atoms with Gasteiger partial charge < -0.3 is 10.2 Å². The van der Waals surface area contributed by atoms with Crippen LogP contribution in [0, 0.1) is 12.8 Å². The molecule has 4 heteroatoms. The van der Waals surface area contributed by atoms with Crippen molar-refractivity contribution < 1.29 is 4.79 Å². The van der Waals surface area contributed by atoms with Crippen molar-refractivity contribution in [2.75, 3.05) is 25.5 Å². The number of amides is 1. The molecular weight excluding hydrogens is 238 g/mol. The quantitative estimate of drug-likeness (QED) is 0.858. The second kappa shape index (κ2) is 7.12. The van der Waals surface area contributed by atoms with Gasteiger partial charge in [0, 0.05) is 32.0 Å². The number of hydrogen-bond donors (Lipinski definition) is 1. The van der Waals surface area contributed by atoms with Gasteiger partial charge in [-0.1, -0.05) is 20.3 Å². The number of hydrogen-bond acceptors (Lipinski definition) is 3. The zero-order valence-corrected chi connectivity index (χ0v) is 12.7. The summed E-state index contributed by atoms with van der Waals surface area (Å²) < 4.78 is 0. The van der Waals surface area contributed by atoms with Crippen molar-refractivity contribution in [3.8, 4) is 0 Å². The van der Waals surface area contributed by atoms with E-state index in [2.05, 4.69) is 24.1 Å². The summed E-state index contributed by atoms with van der Waals surface area (Å²) >= 11 is 0. The Kier molecular flexibility index (Phi) is 5.80. The summed E-state index contributed by atoms with van der Waals surface area (Å²) in [6, 6.07) is 1.92. The number of aryl methyl sites for hydroxylation is 1. The fourth-order valence-electron chi connectivity index (χ4n) is 1.95. The van der Waals surface area contributed by atoms with Gasteiger partial charge in [-0.25, -0.2) is 0 Å². The third-order valence-electron chi connectivity index (χ3n) is 3.27. The molecule has 1 atom stereocenters. The van der Waals surface area contributed by atoms with Gasteiger partial charge in [-0.2, -0.15) is 0 Å². The first-order chi connectivity index (χ1) is 8.99. The first-order valence-corrected chi connectivity index (χ1v) is 6.95. The fourth-order valence-corrected chi connectivity index (χ4v) is 1.95. The molecule has 0 aliphatic rings. The van der Waals surface area contributed by atoms with E-state index in [4.69, 9.17) is 0 Å². The van der Waals surface area contributed by atoms with Crippen molar-refractivity contribution >= 4 is 11.6 Å². The van der Waals surface area contributed by atoms with Crippen LogP contribution in [0.1, 0.15) is 43.2 Å². The van der Waals surface area contributed by atoms with Crippen molar-refractivity contribution in [2.45, 2.75) is 34.1 Å². The highest BCUT2D eigenvalue weighted by atomic mass is 16.2. The lowest BCUT2D eigenvalue weighted by molar-refractivity contribution is 0.0775. The highest BCUT2D eigenvalue weighted by Gasteiger charge is 2.17. The van der Waals surface area contributed by atoms with Crippen LogP contribution in [0.2, 0.25) is 0 Å². The van der Waals surface area contributed by atoms with E-state index in [-0.39, 0.29) is 5.91 Å². The molecule has 1 rings (SSSR count). The standard InChI is InChI=1S/C15H25N3O/c1-6-11(3)10-18(5)15(19)13-9-17-12(4)8-14(13)16-7-2/h8-9,11H,6-7,10H2,1-5H3,(H,16,17). The molecule has 4 nitrogen and oxygen atoms in total. The summed E-state index contributed by atoms with van der Waals surface area (Å²) in [5, 5.41) is 3.23. The Morgan fingerprint density at radius 2 is 2.16 bits per heavy atom. The Morgan fingerprint density at radius 1 is 1.47 bits per heavy atom. The minimum atomic E-state index is 0.0313. The van der Waals surface area contributed by atoms with Crippen LogP contribution in [0.5, 0.6) is 0 Å². The minimum Gasteiger partial charge on any atom is -0.385 e. The second-order valence-corrected chi connectivity index (χ2v) is 5.10. The predicted molar refractivity (Wildman–Crippen MR) is 79.6 cm³/mol. The van der Waals surface area contributed by atoms with Gasteiger partial charge in [0.25, 0.3) is 5.91 Å². The van der Waals surface area contributed by atoms with Crippen molar-refractivity contribution in [1.29, 1.82) is 0 Å². The number of anilines is 1. The van der Waals surface area contributed by atoms with Crippen molar-refractivity contribution in [3.05, 3.63) is 23.5 Å². The zero-order valence-electron chi connectivity index (χ0n) is 12.7. The highest BCUT2D eigenvalue weighted by molar-refractivity contribution is 5.99. The topological polar surface area (TPSA) is 45.2 Å². The van der Waals surface area contributed by atoms with Gasteiger partial charge in [0.15, 0.2) is 0 Å². The summed E-state index contributed by atoms with van der Waals surface area (Å²) in [6.45, 7) is 9.81. The van der Waals surface area contributed by atoms with Crippen LogP contribution in [-0.4, -0.2) is 35.9 Å². The first-order valence-electron chi connectivity index (χ1n) is 6.95. The van der Waals surface area contributed by atoms with Crippen LogP contribution < -0.4 is 5.32 Å². The largest absolute Gasteiger partial charge is 0.385 e. The first kappa shape index (κ1) is 15.5. The summed E-state index contributed by atoms with van der Waals surface area (Å²) in [4.78, 5) is 18.5. The third kappa shape index (κ3) is 4.23. The number of nitrogens with one attached hydrogen (secondary N) is 1. The lowest BCUT2D eigenvalue weighted by Gasteiger charge is -2.22. The van der Waals surface area contributed by atoms with E-state index in [1.165, 1.54) is 0 Å². The summed E-state index contributed by atoms with van der Waals surface area (Å²) in [5.74, 6) is 0.540. The molecule has 0 aromatic carbocycles. The number of carbonyl (C=O) groups is 1. The van der Waals surface area contributed by atoms with Gasteiger partial charge in [-0.15, -0.1) is 0 Å². The average Bonchev–Trinajstić information content (AvgIpc) is 2.38. The van der Waals surface area contributed by atoms with Gasteiger partial charge in [0.1, 0.15) is 0 Å². The number of pyridine rings is 1. The Hall–Kier alpha value is -1.58. The van der Waals surface area contributed by atoms with Gasteiger partial charge >= 0.3 is 0 Å². The molecule has 19 heavy (non-hydrogen) atoms. The maximum atomic E-state index is 12.4. The monoisotopic (exact) mass is 263 g/mol. The van der Waals surface area contributed by atoms with Crippen LogP contribution >= 0.6 is 0 Å². The molecule has 0 fully saturated rings. The van der Waals surface area contributed by atoms with Crippen molar-refractivity contribution in [2.24, 2.45) is 5.92 Å². The molecule has 0 saturated carbocycles. The van der Waals surface area contributed by atoms with E-state index < -0.39 is 0 Å². The maximum absolute atomic E-state index is 12.4. The summed E-state index contributed by atoms with van der Waals surface area (Å²) in [5.41, 5.74) is 2.44. The zero-order chi connectivity index (χ0) is 14.4. The Morgan fingerprint density at radius 3 is 2.74 bits per heavy atom. The molecule has 106 valence electrons. The van der Waals surface area contributed by atoms with Crippen LogP contribution in [-0.2, 0) is 0 Å². The van der Waals surface area contributed by atoms with Crippen LogP contribution in [0.4, 0.5) is 5.69 Å².